The average molecular weight is 423 g/mol. The molecule has 30 heavy (non-hydrogen) atoms. The lowest BCUT2D eigenvalue weighted by Gasteiger charge is -2.06. The van der Waals surface area contributed by atoms with Gasteiger partial charge in [0.05, 0.1) is 13.7 Å². The normalized spacial score (nSPS) is 11.1. The number of hydrogen-bond acceptors (Lipinski definition) is 4. The molecule has 0 spiro atoms. The maximum atomic E-state index is 8.73. The number of rotatable bonds is 22. The molecule has 0 aliphatic heterocycles. The number of unbranched alkanes of at least 4 members (excludes halogenated alkanes) is 12. The quantitative estimate of drug-likeness (QED) is 0.212. The van der Waals surface area contributed by atoms with E-state index in [0.717, 1.165) is 38.4 Å². The van der Waals surface area contributed by atoms with Gasteiger partial charge in [-0.3, -0.25) is 0 Å². The van der Waals surface area contributed by atoms with E-state index in [2.05, 4.69) is 12.1 Å². The van der Waals surface area contributed by atoms with Crippen LogP contribution in [0.5, 0.6) is 5.75 Å². The van der Waals surface area contributed by atoms with Crippen LogP contribution >= 0.6 is 0 Å². The predicted octanol–water partition coefficient (Wildman–Crippen LogP) is 6.68. The zero-order valence-corrected chi connectivity index (χ0v) is 19.4. The van der Waals surface area contributed by atoms with Gasteiger partial charge in [0.15, 0.2) is 0 Å². The van der Waals surface area contributed by atoms with E-state index in [1.54, 1.807) is 7.11 Å². The van der Waals surface area contributed by atoms with Crippen LogP contribution in [0.3, 0.4) is 0 Å². The molecule has 0 unspecified atom stereocenters. The topological polar surface area (TPSA) is 47.9 Å². The van der Waals surface area contributed by atoms with E-state index in [9.17, 15) is 0 Å². The summed E-state index contributed by atoms with van der Waals surface area (Å²) in [4.78, 5) is 0. The van der Waals surface area contributed by atoms with Crippen molar-refractivity contribution in [2.24, 2.45) is 0 Å². The van der Waals surface area contributed by atoms with Crippen molar-refractivity contribution in [2.75, 3.05) is 33.5 Å². The van der Waals surface area contributed by atoms with Crippen molar-refractivity contribution in [2.45, 2.75) is 96.5 Å². The van der Waals surface area contributed by atoms with Crippen LogP contribution in [0, 0.1) is 0 Å². The fourth-order valence-corrected chi connectivity index (χ4v) is 3.51. The van der Waals surface area contributed by atoms with Gasteiger partial charge < -0.3 is 19.3 Å². The standard InChI is InChI=1S/C26H46O4/c1-28-26-18-16-25(17-19-26)24-30-23-15-11-7-3-6-10-14-22-29-21-13-9-5-2-4-8-12-20-27/h16-19,27H,2-15,20-24H2,1H3. The van der Waals surface area contributed by atoms with Gasteiger partial charge in [0.2, 0.25) is 0 Å². The summed E-state index contributed by atoms with van der Waals surface area (Å²) >= 11 is 0. The van der Waals surface area contributed by atoms with Crippen molar-refractivity contribution in [3.63, 3.8) is 0 Å². The Morgan fingerprint density at radius 2 is 1.00 bits per heavy atom. The van der Waals surface area contributed by atoms with Crippen LogP contribution in [-0.2, 0) is 16.1 Å². The molecule has 0 bridgehead atoms. The van der Waals surface area contributed by atoms with E-state index in [4.69, 9.17) is 19.3 Å². The summed E-state index contributed by atoms with van der Waals surface area (Å²) in [5.41, 5.74) is 1.20. The minimum Gasteiger partial charge on any atom is -0.497 e. The monoisotopic (exact) mass is 422 g/mol. The highest BCUT2D eigenvalue weighted by molar-refractivity contribution is 5.26. The smallest absolute Gasteiger partial charge is 0.118 e. The molecule has 0 radical (unpaired) electrons. The van der Waals surface area contributed by atoms with E-state index in [0.29, 0.717) is 13.2 Å². The second-order valence-electron chi connectivity index (χ2n) is 8.19. The Morgan fingerprint density at radius 1 is 0.567 bits per heavy atom. The summed E-state index contributed by atoms with van der Waals surface area (Å²) in [7, 11) is 1.69. The molecule has 1 aromatic carbocycles. The van der Waals surface area contributed by atoms with Gasteiger partial charge in [-0.1, -0.05) is 76.3 Å². The molecule has 4 heteroatoms. The first kappa shape index (κ1) is 26.9. The van der Waals surface area contributed by atoms with Gasteiger partial charge in [-0.25, -0.2) is 0 Å². The minimum absolute atomic E-state index is 0.342. The number of benzene rings is 1. The van der Waals surface area contributed by atoms with Crippen molar-refractivity contribution < 1.29 is 19.3 Å². The zero-order valence-electron chi connectivity index (χ0n) is 19.4. The molecule has 0 aliphatic carbocycles. The zero-order chi connectivity index (χ0) is 21.5. The number of ether oxygens (including phenoxy) is 3. The van der Waals surface area contributed by atoms with Gasteiger partial charge in [-0.15, -0.1) is 0 Å². The molecule has 0 amide bonds. The first-order valence-corrected chi connectivity index (χ1v) is 12.3. The molecular weight excluding hydrogens is 376 g/mol. The van der Waals surface area contributed by atoms with E-state index in [1.807, 2.05) is 12.1 Å². The summed E-state index contributed by atoms with van der Waals surface area (Å²) in [5.74, 6) is 0.891. The summed E-state index contributed by atoms with van der Waals surface area (Å²) in [5, 5.41) is 8.73. The highest BCUT2D eigenvalue weighted by atomic mass is 16.5. The lowest BCUT2D eigenvalue weighted by Crippen LogP contribution is -1.97. The van der Waals surface area contributed by atoms with Crippen LogP contribution in [0.1, 0.15) is 95.5 Å². The van der Waals surface area contributed by atoms with E-state index in [1.165, 1.54) is 82.6 Å². The van der Waals surface area contributed by atoms with E-state index >= 15 is 0 Å². The van der Waals surface area contributed by atoms with Crippen LogP contribution in [0.15, 0.2) is 24.3 Å². The molecule has 4 nitrogen and oxygen atoms in total. The van der Waals surface area contributed by atoms with Crippen LogP contribution in [-0.4, -0.2) is 38.6 Å². The molecule has 174 valence electrons. The van der Waals surface area contributed by atoms with Gasteiger partial charge in [0.25, 0.3) is 0 Å². The number of hydrogen-bond donors (Lipinski definition) is 1. The molecule has 1 N–H and O–H groups in total. The van der Waals surface area contributed by atoms with Gasteiger partial charge >= 0.3 is 0 Å². The third kappa shape index (κ3) is 16.7. The maximum absolute atomic E-state index is 8.73. The molecule has 0 fully saturated rings. The first-order valence-electron chi connectivity index (χ1n) is 12.3. The van der Waals surface area contributed by atoms with Crippen LogP contribution in [0.2, 0.25) is 0 Å². The van der Waals surface area contributed by atoms with Crippen LogP contribution < -0.4 is 4.74 Å². The van der Waals surface area contributed by atoms with Crippen molar-refractivity contribution in [1.82, 2.24) is 0 Å². The summed E-state index contributed by atoms with van der Waals surface area (Å²) < 4.78 is 16.7. The molecule has 0 saturated heterocycles. The Morgan fingerprint density at radius 3 is 1.47 bits per heavy atom. The third-order valence-electron chi connectivity index (χ3n) is 5.45. The van der Waals surface area contributed by atoms with E-state index < -0.39 is 0 Å². The third-order valence-corrected chi connectivity index (χ3v) is 5.45. The Kier molecular flexibility index (Phi) is 19.0. The van der Waals surface area contributed by atoms with Crippen molar-refractivity contribution in [3.8, 4) is 5.75 Å². The Hall–Kier alpha value is -1.10. The molecule has 1 rings (SSSR count). The molecule has 0 aliphatic rings. The lowest BCUT2D eigenvalue weighted by atomic mass is 10.1. The molecule has 0 saturated carbocycles. The van der Waals surface area contributed by atoms with Crippen molar-refractivity contribution in [3.05, 3.63) is 29.8 Å². The second-order valence-corrected chi connectivity index (χ2v) is 8.19. The van der Waals surface area contributed by atoms with Gasteiger partial charge in [0, 0.05) is 26.4 Å². The second kappa shape index (κ2) is 21.1. The molecular formula is C26H46O4. The predicted molar refractivity (Wildman–Crippen MR) is 125 cm³/mol. The fraction of sp³-hybridized carbons (Fsp3) is 0.769. The SMILES string of the molecule is COc1ccc(COCCCCCCCCCOCCCCCCCCCO)cc1. The lowest BCUT2D eigenvalue weighted by molar-refractivity contribution is 0.116. The Bertz CT molecular complexity index is 461. The number of aliphatic hydroxyl groups excluding tert-OH is 1. The van der Waals surface area contributed by atoms with Crippen molar-refractivity contribution >= 4 is 0 Å². The largest absolute Gasteiger partial charge is 0.497 e. The molecule has 0 atom stereocenters. The van der Waals surface area contributed by atoms with Crippen LogP contribution in [0.4, 0.5) is 0 Å². The highest BCUT2D eigenvalue weighted by Gasteiger charge is 1.97. The van der Waals surface area contributed by atoms with Gasteiger partial charge in [0.1, 0.15) is 5.75 Å². The summed E-state index contributed by atoms with van der Waals surface area (Å²) in [6.07, 6.45) is 17.3. The van der Waals surface area contributed by atoms with Gasteiger partial charge in [-0.05, 0) is 43.4 Å². The van der Waals surface area contributed by atoms with Crippen LogP contribution in [0.25, 0.3) is 0 Å². The van der Waals surface area contributed by atoms with Gasteiger partial charge in [-0.2, -0.15) is 0 Å². The summed E-state index contributed by atoms with van der Waals surface area (Å²) in [6, 6.07) is 8.08. The average Bonchev–Trinajstić information content (AvgIpc) is 2.78. The Balaban J connectivity index is 1.71. The first-order chi connectivity index (χ1) is 14.9. The number of methoxy groups -OCH3 is 1. The van der Waals surface area contributed by atoms with Crippen molar-refractivity contribution in [1.29, 1.82) is 0 Å². The summed E-state index contributed by atoms with van der Waals surface area (Å²) in [6.45, 7) is 3.73. The fourth-order valence-electron chi connectivity index (χ4n) is 3.51. The molecule has 0 heterocycles. The highest BCUT2D eigenvalue weighted by Crippen LogP contribution is 2.13. The number of aliphatic hydroxyl groups is 1. The Labute approximate surface area is 185 Å². The molecule has 0 aromatic heterocycles. The molecule has 1 aromatic rings. The minimum atomic E-state index is 0.342. The maximum Gasteiger partial charge on any atom is 0.118 e. The van der Waals surface area contributed by atoms with E-state index in [-0.39, 0.29) is 0 Å².